The molecule has 3 nitrogen and oxygen atoms in total. The second-order valence-electron chi connectivity index (χ2n) is 4.51. The van der Waals surface area contributed by atoms with Crippen LogP contribution in [0, 0.1) is 5.82 Å². The van der Waals surface area contributed by atoms with Gasteiger partial charge in [-0.25, -0.2) is 9.18 Å². The lowest BCUT2D eigenvalue weighted by molar-refractivity contribution is -0.145. The van der Waals surface area contributed by atoms with Crippen molar-refractivity contribution in [3.05, 3.63) is 34.6 Å². The van der Waals surface area contributed by atoms with Gasteiger partial charge in [-0.2, -0.15) is 0 Å². The summed E-state index contributed by atoms with van der Waals surface area (Å²) in [7, 11) is 0. The Bertz CT molecular complexity index is 453. The first-order chi connectivity index (χ1) is 8.31. The normalized spacial score (nSPS) is 16.1. The van der Waals surface area contributed by atoms with Crippen molar-refractivity contribution < 1.29 is 14.3 Å². The van der Waals surface area contributed by atoms with Crippen molar-refractivity contribution >= 4 is 17.6 Å². The van der Waals surface area contributed by atoms with Gasteiger partial charge in [-0.3, -0.25) is 5.32 Å². The highest BCUT2D eigenvalue weighted by Gasteiger charge is 2.37. The first kappa shape index (κ1) is 14.9. The van der Waals surface area contributed by atoms with Crippen LogP contribution in [0.25, 0.3) is 0 Å². The van der Waals surface area contributed by atoms with Crippen molar-refractivity contribution in [2.75, 3.05) is 0 Å². The first-order valence-electron chi connectivity index (χ1n) is 5.78. The van der Waals surface area contributed by atoms with Crippen LogP contribution < -0.4 is 5.32 Å². The molecule has 0 aliphatic carbocycles. The SMILES string of the molecule is CCC(C)NC(C)(C(=O)O)c1ccc(F)cc1Cl. The predicted octanol–water partition coefficient (Wildman–Crippen LogP) is 3.17. The van der Waals surface area contributed by atoms with Crippen LogP contribution in [0.4, 0.5) is 4.39 Å². The van der Waals surface area contributed by atoms with Crippen molar-refractivity contribution in [1.29, 1.82) is 0 Å². The molecule has 0 bridgehead atoms. The van der Waals surface area contributed by atoms with E-state index >= 15 is 0 Å². The van der Waals surface area contributed by atoms with Crippen LogP contribution in [0.15, 0.2) is 18.2 Å². The molecule has 5 heteroatoms. The minimum absolute atomic E-state index is 0.00668. The molecule has 2 unspecified atom stereocenters. The molecule has 2 N–H and O–H groups in total. The molecule has 1 rings (SSSR count). The Kier molecular flexibility index (Phi) is 4.71. The number of rotatable bonds is 5. The average molecular weight is 274 g/mol. The zero-order chi connectivity index (χ0) is 13.9. The molecule has 0 heterocycles. The Hall–Kier alpha value is -1.13. The highest BCUT2D eigenvalue weighted by Crippen LogP contribution is 2.29. The average Bonchev–Trinajstić information content (AvgIpc) is 2.28. The Morgan fingerprint density at radius 1 is 1.61 bits per heavy atom. The summed E-state index contributed by atoms with van der Waals surface area (Å²) in [5, 5.41) is 12.5. The molecule has 0 aromatic heterocycles. The molecule has 18 heavy (non-hydrogen) atoms. The molecule has 0 saturated carbocycles. The van der Waals surface area contributed by atoms with E-state index in [0.29, 0.717) is 5.56 Å². The Morgan fingerprint density at radius 2 is 2.22 bits per heavy atom. The van der Waals surface area contributed by atoms with Gasteiger partial charge < -0.3 is 5.11 Å². The number of nitrogens with one attached hydrogen (secondary N) is 1. The monoisotopic (exact) mass is 273 g/mol. The van der Waals surface area contributed by atoms with Crippen molar-refractivity contribution in [2.45, 2.75) is 38.8 Å². The zero-order valence-corrected chi connectivity index (χ0v) is 11.4. The lowest BCUT2D eigenvalue weighted by Crippen LogP contribution is -2.50. The van der Waals surface area contributed by atoms with E-state index in [9.17, 15) is 14.3 Å². The van der Waals surface area contributed by atoms with Crippen LogP contribution in [0.2, 0.25) is 5.02 Å². The van der Waals surface area contributed by atoms with Gasteiger partial charge in [0.15, 0.2) is 0 Å². The number of aliphatic carboxylic acids is 1. The minimum Gasteiger partial charge on any atom is -0.480 e. The number of carboxylic acid groups (broad SMARTS) is 1. The van der Waals surface area contributed by atoms with Crippen LogP contribution in [-0.2, 0) is 10.3 Å². The fourth-order valence-electron chi connectivity index (χ4n) is 1.74. The van der Waals surface area contributed by atoms with Crippen LogP contribution in [0.5, 0.6) is 0 Å². The molecular formula is C13H17ClFNO2. The highest BCUT2D eigenvalue weighted by molar-refractivity contribution is 6.31. The summed E-state index contributed by atoms with van der Waals surface area (Å²) < 4.78 is 13.0. The molecule has 0 spiro atoms. The van der Waals surface area contributed by atoms with E-state index in [2.05, 4.69) is 5.32 Å². The summed E-state index contributed by atoms with van der Waals surface area (Å²) in [5.74, 6) is -1.53. The molecule has 1 aromatic carbocycles. The fraction of sp³-hybridized carbons (Fsp3) is 0.462. The standard InChI is InChI=1S/C13H17ClFNO2/c1-4-8(2)16-13(3,12(17)18)10-6-5-9(15)7-11(10)14/h5-8,16H,4H2,1-3H3,(H,17,18). The van der Waals surface area contributed by atoms with Gasteiger partial charge in [0.2, 0.25) is 0 Å². The third-order valence-electron chi connectivity index (χ3n) is 3.04. The Labute approximate surface area is 111 Å². The summed E-state index contributed by atoms with van der Waals surface area (Å²) in [4.78, 5) is 11.5. The van der Waals surface area contributed by atoms with Crippen LogP contribution >= 0.6 is 11.6 Å². The molecule has 0 radical (unpaired) electrons. The maximum absolute atomic E-state index is 13.0. The molecule has 0 aliphatic heterocycles. The van der Waals surface area contributed by atoms with E-state index in [4.69, 9.17) is 11.6 Å². The molecule has 100 valence electrons. The van der Waals surface area contributed by atoms with E-state index in [-0.39, 0.29) is 11.1 Å². The van der Waals surface area contributed by atoms with Crippen molar-refractivity contribution in [1.82, 2.24) is 5.32 Å². The van der Waals surface area contributed by atoms with E-state index in [1.807, 2.05) is 13.8 Å². The van der Waals surface area contributed by atoms with Gasteiger partial charge in [0, 0.05) is 16.6 Å². The van der Waals surface area contributed by atoms with Gasteiger partial charge in [-0.15, -0.1) is 0 Å². The van der Waals surface area contributed by atoms with Gasteiger partial charge in [0.25, 0.3) is 0 Å². The first-order valence-corrected chi connectivity index (χ1v) is 6.15. The summed E-state index contributed by atoms with van der Waals surface area (Å²) in [6.45, 7) is 5.37. The molecule has 0 aliphatic rings. The third-order valence-corrected chi connectivity index (χ3v) is 3.36. The minimum atomic E-state index is -1.33. The van der Waals surface area contributed by atoms with Gasteiger partial charge in [-0.1, -0.05) is 24.6 Å². The molecule has 1 aromatic rings. The number of carboxylic acids is 1. The van der Waals surface area contributed by atoms with Gasteiger partial charge in [-0.05, 0) is 32.4 Å². The van der Waals surface area contributed by atoms with Crippen molar-refractivity contribution in [3.63, 3.8) is 0 Å². The highest BCUT2D eigenvalue weighted by atomic mass is 35.5. The lowest BCUT2D eigenvalue weighted by atomic mass is 9.90. The second-order valence-corrected chi connectivity index (χ2v) is 4.92. The number of halogens is 2. The van der Waals surface area contributed by atoms with Gasteiger partial charge in [0.05, 0.1) is 0 Å². The summed E-state index contributed by atoms with van der Waals surface area (Å²) >= 11 is 5.94. The van der Waals surface area contributed by atoms with Crippen molar-refractivity contribution in [3.8, 4) is 0 Å². The molecular weight excluding hydrogens is 257 g/mol. The third kappa shape index (κ3) is 3.00. The topological polar surface area (TPSA) is 49.3 Å². The van der Waals surface area contributed by atoms with E-state index in [1.165, 1.54) is 19.1 Å². The molecule has 2 atom stereocenters. The zero-order valence-electron chi connectivity index (χ0n) is 10.6. The molecule has 0 amide bonds. The number of benzene rings is 1. The second kappa shape index (κ2) is 5.67. The maximum atomic E-state index is 13.0. The molecule has 0 saturated heterocycles. The van der Waals surface area contributed by atoms with E-state index in [0.717, 1.165) is 12.5 Å². The number of hydrogen-bond donors (Lipinski definition) is 2. The summed E-state index contributed by atoms with van der Waals surface area (Å²) in [5.41, 5.74) is -0.974. The lowest BCUT2D eigenvalue weighted by Gasteiger charge is -2.30. The van der Waals surface area contributed by atoms with E-state index < -0.39 is 17.3 Å². The van der Waals surface area contributed by atoms with Crippen LogP contribution in [-0.4, -0.2) is 17.1 Å². The fourth-order valence-corrected chi connectivity index (χ4v) is 2.10. The Morgan fingerprint density at radius 3 is 2.67 bits per heavy atom. The van der Waals surface area contributed by atoms with Crippen LogP contribution in [0.1, 0.15) is 32.8 Å². The quantitative estimate of drug-likeness (QED) is 0.866. The van der Waals surface area contributed by atoms with Gasteiger partial charge >= 0.3 is 5.97 Å². The number of hydrogen-bond acceptors (Lipinski definition) is 2. The summed E-state index contributed by atoms with van der Waals surface area (Å²) in [6, 6.07) is 3.74. The van der Waals surface area contributed by atoms with Crippen LogP contribution in [0.3, 0.4) is 0 Å². The Balaban J connectivity index is 3.22. The van der Waals surface area contributed by atoms with Gasteiger partial charge in [0.1, 0.15) is 11.4 Å². The predicted molar refractivity (Wildman–Crippen MR) is 69.3 cm³/mol. The maximum Gasteiger partial charge on any atom is 0.328 e. The largest absolute Gasteiger partial charge is 0.480 e. The smallest absolute Gasteiger partial charge is 0.328 e. The summed E-state index contributed by atoms with van der Waals surface area (Å²) in [6.07, 6.45) is 0.779. The van der Waals surface area contributed by atoms with Crippen molar-refractivity contribution in [2.24, 2.45) is 0 Å². The molecule has 0 fully saturated rings. The van der Waals surface area contributed by atoms with E-state index in [1.54, 1.807) is 0 Å². The number of carbonyl (C=O) groups is 1.